The van der Waals surface area contributed by atoms with Crippen LogP contribution in [0.4, 0.5) is 0 Å². The van der Waals surface area contributed by atoms with Gasteiger partial charge in [-0.25, -0.2) is 0 Å². The van der Waals surface area contributed by atoms with Crippen molar-refractivity contribution < 1.29 is 72.9 Å². The highest BCUT2D eigenvalue weighted by atomic mass is 32.2. The standard InChI is InChI=1S/C58H88N12O15S/c59-27-6-4-11-43-31-68(51(75)13-8-29-61)36-48(72)64-44(12-5-7-28-60)32-69(52(76)21-16-40-9-2-1-3-10-40)38-50(74)65-45(19-23-55(79)80)33-67(35-47(62)71)54(78)26-30-86-39-41-14-17-42(18-15-41)58(85)66-46(20-24-56(81)82)34-70(37-49(73)63-43)53(77)22-25-57(83)84/h1-3,9-10,14-15,17-18,43-46H,4-8,11-13,16,19-39,59-61H2,(H2,62,71)(H,63,73)(H,64,72)(H,65,74)(H,66,85)(H,79,80)(H,81,82)(H,83,84)/t43-,44-,45-,46-/m0/s1. The Morgan fingerprint density at radius 3 is 1.43 bits per heavy atom. The number of hydrogen-bond donors (Lipinski definition) is 11. The molecular weight excluding hydrogens is 1140 g/mol. The Bertz CT molecular complexity index is 2550. The third-order valence-electron chi connectivity index (χ3n) is 13.9. The average Bonchev–Trinajstić information content (AvgIpc) is 3.63. The average molecular weight is 1230 g/mol. The van der Waals surface area contributed by atoms with E-state index in [1.54, 1.807) is 12.1 Å². The lowest BCUT2D eigenvalue weighted by atomic mass is 10.1. The molecule has 28 heteroatoms. The number of aliphatic carboxylic acids is 3. The van der Waals surface area contributed by atoms with Gasteiger partial charge < -0.3 is 79.1 Å². The Balaban J connectivity index is 2.18. The lowest BCUT2D eigenvalue weighted by Crippen LogP contribution is -2.54. The van der Waals surface area contributed by atoms with Crippen molar-refractivity contribution in [1.29, 1.82) is 0 Å². The van der Waals surface area contributed by atoms with Crippen LogP contribution >= 0.6 is 11.8 Å². The van der Waals surface area contributed by atoms with E-state index < -0.39 is 154 Å². The van der Waals surface area contributed by atoms with Gasteiger partial charge in [0.2, 0.25) is 47.3 Å². The molecule has 0 spiro atoms. The fraction of sp³-hybridized carbons (Fsp3) is 0.586. The molecule has 2 heterocycles. The minimum Gasteiger partial charge on any atom is -0.481 e. The number of carboxylic acids is 3. The largest absolute Gasteiger partial charge is 0.481 e. The molecule has 2 aliphatic heterocycles. The zero-order chi connectivity index (χ0) is 63.4. The van der Waals surface area contributed by atoms with Crippen LogP contribution in [0.25, 0.3) is 0 Å². The van der Waals surface area contributed by atoms with Crippen molar-refractivity contribution in [2.75, 3.05) is 77.7 Å². The van der Waals surface area contributed by atoms with Gasteiger partial charge in [0.05, 0.1) is 32.6 Å². The molecule has 0 saturated carbocycles. The zero-order valence-corrected chi connectivity index (χ0v) is 49.8. The summed E-state index contributed by atoms with van der Waals surface area (Å²) < 4.78 is 0. The molecule has 0 unspecified atom stereocenters. The van der Waals surface area contributed by atoms with Crippen LogP contribution in [-0.4, -0.2) is 208 Å². The molecule has 0 saturated heterocycles. The highest BCUT2D eigenvalue weighted by Gasteiger charge is 2.30. The highest BCUT2D eigenvalue weighted by Crippen LogP contribution is 2.18. The van der Waals surface area contributed by atoms with Crippen molar-refractivity contribution in [2.24, 2.45) is 22.9 Å². The van der Waals surface area contributed by atoms with E-state index in [0.29, 0.717) is 38.0 Å². The van der Waals surface area contributed by atoms with E-state index in [9.17, 15) is 72.9 Å². The predicted octanol–water partition coefficient (Wildman–Crippen LogP) is -0.0999. The smallest absolute Gasteiger partial charge is 0.303 e. The lowest BCUT2D eigenvalue weighted by molar-refractivity contribution is -0.142. The van der Waals surface area contributed by atoms with Crippen LogP contribution in [0.1, 0.15) is 124 Å². The van der Waals surface area contributed by atoms with Crippen LogP contribution in [-0.2, 0) is 64.9 Å². The third-order valence-corrected chi connectivity index (χ3v) is 15.0. The molecule has 476 valence electrons. The second-order valence-corrected chi connectivity index (χ2v) is 22.3. The van der Waals surface area contributed by atoms with E-state index in [1.165, 1.54) is 33.7 Å². The minimum atomic E-state index is -1.30. The summed E-state index contributed by atoms with van der Waals surface area (Å²) in [5.41, 5.74) is 24.8. The van der Waals surface area contributed by atoms with Gasteiger partial charge in [-0.05, 0) is 94.3 Å². The zero-order valence-electron chi connectivity index (χ0n) is 49.0. The minimum absolute atomic E-state index is 0.0653. The molecule has 0 radical (unpaired) electrons. The molecule has 4 rings (SSSR count). The molecular formula is C58H88N12O15S. The van der Waals surface area contributed by atoms with Gasteiger partial charge in [-0.15, -0.1) is 0 Å². The molecule has 0 fully saturated rings. The van der Waals surface area contributed by atoms with E-state index >= 15 is 0 Å². The van der Waals surface area contributed by atoms with Gasteiger partial charge >= 0.3 is 17.9 Å². The van der Waals surface area contributed by atoms with Crippen LogP contribution in [0, 0.1) is 0 Å². The van der Waals surface area contributed by atoms with Gasteiger partial charge in [0, 0.05) is 106 Å². The number of rotatable bonds is 25. The van der Waals surface area contributed by atoms with E-state index in [1.807, 2.05) is 30.3 Å². The molecule has 0 aliphatic carbocycles. The number of fused-ring (bicyclic) bond motifs is 29. The number of nitrogens with two attached hydrogens (primary N) is 4. The number of thioether (sulfide) groups is 1. The predicted molar refractivity (Wildman–Crippen MR) is 319 cm³/mol. The summed E-state index contributed by atoms with van der Waals surface area (Å²) in [5, 5.41) is 40.2. The van der Waals surface area contributed by atoms with E-state index in [0.717, 1.165) is 20.9 Å². The fourth-order valence-corrected chi connectivity index (χ4v) is 10.4. The molecule has 27 nitrogen and oxygen atoms in total. The number of carboxylic acid groups (broad SMARTS) is 3. The third kappa shape index (κ3) is 30.4. The summed E-state index contributed by atoms with van der Waals surface area (Å²) in [6.45, 7) is -2.85. The van der Waals surface area contributed by atoms with Crippen molar-refractivity contribution in [1.82, 2.24) is 40.9 Å². The number of unbranched alkanes of at least 4 members (excludes halogenated alkanes) is 2. The maximum Gasteiger partial charge on any atom is 0.303 e. The molecule has 4 atom stereocenters. The Labute approximate surface area is 505 Å². The fourth-order valence-electron chi connectivity index (χ4n) is 9.48. The van der Waals surface area contributed by atoms with Crippen LogP contribution in [0.5, 0.6) is 0 Å². The summed E-state index contributed by atoms with van der Waals surface area (Å²) >= 11 is 1.34. The Morgan fingerprint density at radius 2 is 0.965 bits per heavy atom. The normalized spacial score (nSPS) is 18.8. The summed E-state index contributed by atoms with van der Waals surface area (Å²) in [7, 11) is 0. The van der Waals surface area contributed by atoms with Gasteiger partial charge in [0.25, 0.3) is 5.91 Å². The summed E-state index contributed by atoms with van der Waals surface area (Å²) in [5.74, 6) is -9.10. The number of hydrogen-bond acceptors (Lipinski definition) is 16. The monoisotopic (exact) mass is 1220 g/mol. The highest BCUT2D eigenvalue weighted by molar-refractivity contribution is 7.98. The summed E-state index contributed by atoms with van der Waals surface area (Å²) in [6.07, 6.45) is 0.220. The lowest BCUT2D eigenvalue weighted by Gasteiger charge is -2.32. The number of aryl methyl sites for hydroxylation is 1. The molecule has 2 aromatic carbocycles. The summed E-state index contributed by atoms with van der Waals surface area (Å²) in [6, 6.07) is 11.6. The number of carbonyl (C=O) groups is 12. The van der Waals surface area contributed by atoms with Gasteiger partial charge in [0.15, 0.2) is 0 Å². The van der Waals surface area contributed by atoms with Gasteiger partial charge in [-0.1, -0.05) is 55.3 Å². The number of amides is 9. The topological polar surface area (TPSA) is 431 Å². The van der Waals surface area contributed by atoms with Crippen LogP contribution in [0.2, 0.25) is 0 Å². The Kier molecular flexibility index (Phi) is 34.3. The first-order chi connectivity index (χ1) is 41.1. The molecule has 2 bridgehead atoms. The Hall–Kier alpha value is -7.69. The van der Waals surface area contributed by atoms with Crippen LogP contribution in [0.15, 0.2) is 54.6 Å². The van der Waals surface area contributed by atoms with Crippen molar-refractivity contribution in [3.63, 3.8) is 0 Å². The number of benzene rings is 2. The maximum atomic E-state index is 14.4. The Morgan fingerprint density at radius 1 is 0.512 bits per heavy atom. The number of nitrogens with zero attached hydrogens (tertiary/aromatic N) is 4. The van der Waals surface area contributed by atoms with Crippen molar-refractivity contribution in [3.8, 4) is 0 Å². The van der Waals surface area contributed by atoms with Gasteiger partial charge in [-0.3, -0.25) is 57.5 Å². The van der Waals surface area contributed by atoms with E-state index in [4.69, 9.17) is 22.9 Å². The number of carbonyl (C=O) groups excluding carboxylic acids is 9. The van der Waals surface area contributed by atoms with Crippen molar-refractivity contribution >= 4 is 82.8 Å². The summed E-state index contributed by atoms with van der Waals surface area (Å²) in [4.78, 5) is 165. The number of nitrogens with one attached hydrogen (secondary N) is 4. The van der Waals surface area contributed by atoms with E-state index in [-0.39, 0.29) is 102 Å². The number of primary amides is 1. The first-order valence-electron chi connectivity index (χ1n) is 29.1. The van der Waals surface area contributed by atoms with Crippen LogP contribution < -0.4 is 44.2 Å². The first-order valence-corrected chi connectivity index (χ1v) is 30.3. The molecule has 2 aromatic rings. The molecule has 9 amide bonds. The first kappa shape index (κ1) is 72.6. The van der Waals surface area contributed by atoms with Gasteiger partial charge in [-0.2, -0.15) is 11.8 Å². The van der Waals surface area contributed by atoms with Crippen LogP contribution in [0.3, 0.4) is 0 Å². The van der Waals surface area contributed by atoms with Crippen molar-refractivity contribution in [2.45, 2.75) is 139 Å². The molecule has 2 aliphatic rings. The quantitative estimate of drug-likeness (QED) is 0.0457. The second kappa shape index (κ2) is 40.6. The SMILES string of the molecule is NCCCC[C@H]1CN(C(=O)CCc2ccccc2)CC(=O)N[C@@H](CCC(=O)O)CN(CC(N)=O)C(=O)CCSCc2ccc(cc2)C(=O)N[C@@H](CCC(=O)O)CN(C(=O)CCC(=O)O)CC(=O)N[C@@H](CCCCN)CN(C(=O)CCCN)CC(=O)N1. The maximum absolute atomic E-state index is 14.4. The molecule has 86 heavy (non-hydrogen) atoms. The molecule has 0 aromatic heterocycles. The van der Waals surface area contributed by atoms with Gasteiger partial charge in [0.1, 0.15) is 0 Å². The molecule has 15 N–H and O–H groups in total. The van der Waals surface area contributed by atoms with Crippen molar-refractivity contribution in [3.05, 3.63) is 71.3 Å². The second-order valence-electron chi connectivity index (χ2n) is 21.2. The van der Waals surface area contributed by atoms with E-state index in [2.05, 4.69) is 21.3 Å².